The summed E-state index contributed by atoms with van der Waals surface area (Å²) >= 11 is 0. The van der Waals surface area contributed by atoms with E-state index in [4.69, 9.17) is 4.52 Å². The monoisotopic (exact) mass is 380 g/mol. The molecule has 3 aromatic heterocycles. The van der Waals surface area contributed by atoms with E-state index in [2.05, 4.69) is 25.1 Å². The number of nitrogens with zero attached hydrogens (tertiary/aromatic N) is 6. The van der Waals surface area contributed by atoms with Gasteiger partial charge in [0, 0.05) is 31.0 Å². The van der Waals surface area contributed by atoms with Crippen LogP contribution in [0.2, 0.25) is 0 Å². The molecule has 1 unspecified atom stereocenters. The molecule has 4 rings (SSSR count). The van der Waals surface area contributed by atoms with Crippen molar-refractivity contribution < 1.29 is 22.1 Å². The highest BCUT2D eigenvalue weighted by Crippen LogP contribution is 2.47. The molecule has 140 valence electrons. The van der Waals surface area contributed by atoms with Crippen molar-refractivity contribution in [2.24, 2.45) is 0 Å². The fourth-order valence-electron chi connectivity index (χ4n) is 3.03. The zero-order valence-electron chi connectivity index (χ0n) is 13.7. The molecule has 1 aliphatic rings. The lowest BCUT2D eigenvalue weighted by atomic mass is 9.86. The second-order valence-corrected chi connectivity index (χ2v) is 6.11. The summed E-state index contributed by atoms with van der Waals surface area (Å²) in [4.78, 5) is 16.5. The molecular weight excluding hydrogens is 368 g/mol. The first-order chi connectivity index (χ1) is 12.9. The molecule has 27 heavy (non-hydrogen) atoms. The van der Waals surface area contributed by atoms with Gasteiger partial charge < -0.3 is 9.42 Å². The van der Waals surface area contributed by atoms with Gasteiger partial charge in [-0.3, -0.25) is 4.98 Å². The van der Waals surface area contributed by atoms with E-state index in [0.29, 0.717) is 5.56 Å². The molecule has 0 spiro atoms. The first-order valence-corrected chi connectivity index (χ1v) is 7.93. The van der Waals surface area contributed by atoms with E-state index in [-0.39, 0.29) is 24.6 Å². The van der Waals surface area contributed by atoms with Gasteiger partial charge in [0.05, 0.1) is 12.4 Å². The van der Waals surface area contributed by atoms with Crippen molar-refractivity contribution in [1.82, 2.24) is 25.1 Å². The fourth-order valence-corrected chi connectivity index (χ4v) is 3.03. The van der Waals surface area contributed by atoms with E-state index >= 15 is 0 Å². The number of hydrogen-bond donors (Lipinski definition) is 0. The van der Waals surface area contributed by atoms with Crippen LogP contribution in [0.25, 0.3) is 11.4 Å². The number of aromatic nitrogens is 5. The van der Waals surface area contributed by atoms with Gasteiger partial charge in [-0.05, 0) is 18.6 Å². The largest absolute Gasteiger partial charge is 0.405 e. The van der Waals surface area contributed by atoms with E-state index in [1.54, 1.807) is 12.1 Å². The van der Waals surface area contributed by atoms with Gasteiger partial charge in [-0.15, -0.1) is 0 Å². The van der Waals surface area contributed by atoms with E-state index in [0.717, 1.165) is 12.4 Å². The summed E-state index contributed by atoms with van der Waals surface area (Å²) in [6.45, 7) is -0.448. The van der Waals surface area contributed by atoms with E-state index in [1.807, 2.05) is 0 Å². The van der Waals surface area contributed by atoms with Gasteiger partial charge in [0.1, 0.15) is 5.82 Å². The molecule has 1 saturated heterocycles. The molecule has 7 nitrogen and oxygen atoms in total. The van der Waals surface area contributed by atoms with Crippen LogP contribution in [-0.2, 0) is 5.41 Å². The van der Waals surface area contributed by atoms with Crippen LogP contribution in [0.5, 0.6) is 0 Å². The van der Waals surface area contributed by atoms with Crippen molar-refractivity contribution in [3.8, 4) is 11.4 Å². The highest BCUT2D eigenvalue weighted by molar-refractivity contribution is 5.52. The minimum Gasteiger partial charge on any atom is -0.354 e. The minimum atomic E-state index is -4.63. The Labute approximate surface area is 150 Å². The third kappa shape index (κ3) is 2.98. The van der Waals surface area contributed by atoms with Gasteiger partial charge in [0.25, 0.3) is 0 Å². The molecule has 11 heteroatoms. The zero-order valence-corrected chi connectivity index (χ0v) is 13.7. The minimum absolute atomic E-state index is 0.0294. The molecule has 0 bridgehead atoms. The normalized spacial score (nSPS) is 20.2. The third-order valence-corrected chi connectivity index (χ3v) is 4.50. The maximum atomic E-state index is 14.0. The molecule has 0 amide bonds. The third-order valence-electron chi connectivity index (χ3n) is 4.50. The molecule has 1 fully saturated rings. The van der Waals surface area contributed by atoms with Gasteiger partial charge in [-0.1, -0.05) is 5.16 Å². The summed E-state index contributed by atoms with van der Waals surface area (Å²) in [6.07, 6.45) is -0.0186. The maximum absolute atomic E-state index is 14.0. The summed E-state index contributed by atoms with van der Waals surface area (Å²) in [5.41, 5.74) is -1.90. The number of hydrogen-bond acceptors (Lipinski definition) is 7. The van der Waals surface area contributed by atoms with Crippen LogP contribution in [0.4, 0.5) is 23.4 Å². The van der Waals surface area contributed by atoms with Crippen LogP contribution in [0.3, 0.4) is 0 Å². The molecule has 3 aromatic rings. The Morgan fingerprint density at radius 2 is 2.00 bits per heavy atom. The number of rotatable bonds is 3. The fraction of sp³-hybridized carbons (Fsp3) is 0.312. The highest BCUT2D eigenvalue weighted by atomic mass is 19.4. The van der Waals surface area contributed by atoms with Crippen LogP contribution in [0.15, 0.2) is 41.4 Å². The first-order valence-electron chi connectivity index (χ1n) is 7.93. The summed E-state index contributed by atoms with van der Waals surface area (Å²) in [7, 11) is 0. The van der Waals surface area contributed by atoms with Crippen LogP contribution in [0, 0.1) is 5.95 Å². The molecule has 0 N–H and O–H groups in total. The predicted octanol–water partition coefficient (Wildman–Crippen LogP) is 2.77. The van der Waals surface area contributed by atoms with Gasteiger partial charge in [0.15, 0.2) is 5.41 Å². The standard InChI is InChI=1S/C16H12F4N6O/c17-11-7-23-12(8-22-11)26-5-3-15(9-26,16(18,19)20)14-24-13(25-27-14)10-2-1-4-21-6-10/h1-2,4,6-8H,3,5,9H2. The molecule has 1 aliphatic heterocycles. The lowest BCUT2D eigenvalue weighted by Crippen LogP contribution is -2.45. The van der Waals surface area contributed by atoms with Crippen LogP contribution in [-0.4, -0.2) is 44.4 Å². The highest BCUT2D eigenvalue weighted by Gasteiger charge is 2.63. The summed E-state index contributed by atoms with van der Waals surface area (Å²) in [5.74, 6) is -1.15. The van der Waals surface area contributed by atoms with E-state index in [9.17, 15) is 17.6 Å². The van der Waals surface area contributed by atoms with Crippen LogP contribution in [0.1, 0.15) is 12.3 Å². The average Bonchev–Trinajstić information content (AvgIpc) is 3.31. The second-order valence-electron chi connectivity index (χ2n) is 6.11. The van der Waals surface area contributed by atoms with E-state index in [1.165, 1.54) is 17.3 Å². The summed E-state index contributed by atoms with van der Waals surface area (Å²) in [6, 6.07) is 3.24. The average molecular weight is 380 g/mol. The quantitative estimate of drug-likeness (QED) is 0.647. The Morgan fingerprint density at radius 1 is 1.15 bits per heavy atom. The Kier molecular flexibility index (Phi) is 4.01. The second kappa shape index (κ2) is 6.25. The van der Waals surface area contributed by atoms with Gasteiger partial charge in [-0.2, -0.15) is 22.5 Å². The number of anilines is 1. The van der Waals surface area contributed by atoms with Crippen molar-refractivity contribution in [3.63, 3.8) is 0 Å². The molecule has 0 radical (unpaired) electrons. The van der Waals surface area contributed by atoms with Crippen molar-refractivity contribution in [2.45, 2.75) is 18.0 Å². The molecule has 0 aliphatic carbocycles. The first kappa shape index (κ1) is 17.3. The predicted molar refractivity (Wildman–Crippen MR) is 84.1 cm³/mol. The van der Waals surface area contributed by atoms with Gasteiger partial charge >= 0.3 is 6.18 Å². The number of alkyl halides is 3. The van der Waals surface area contributed by atoms with Gasteiger partial charge in [0.2, 0.25) is 17.7 Å². The molecular formula is C16H12F4N6O. The molecule has 0 aromatic carbocycles. The van der Waals surface area contributed by atoms with Crippen molar-refractivity contribution >= 4 is 5.82 Å². The lowest BCUT2D eigenvalue weighted by Gasteiger charge is -2.28. The topological polar surface area (TPSA) is 80.8 Å². The molecule has 4 heterocycles. The van der Waals surface area contributed by atoms with Gasteiger partial charge in [-0.25, -0.2) is 9.97 Å². The van der Waals surface area contributed by atoms with Crippen LogP contribution >= 0.6 is 0 Å². The lowest BCUT2D eigenvalue weighted by molar-refractivity contribution is -0.191. The van der Waals surface area contributed by atoms with E-state index < -0.39 is 30.0 Å². The maximum Gasteiger partial charge on any atom is 0.405 e. The smallest absolute Gasteiger partial charge is 0.354 e. The summed E-state index contributed by atoms with van der Waals surface area (Å²) in [5, 5.41) is 3.68. The molecule has 0 saturated carbocycles. The number of pyridine rings is 1. The molecule has 1 atom stereocenters. The van der Waals surface area contributed by atoms with Crippen LogP contribution < -0.4 is 4.90 Å². The number of halogens is 4. The summed E-state index contributed by atoms with van der Waals surface area (Å²) < 4.78 is 59.9. The zero-order chi connectivity index (χ0) is 19.1. The Hall–Kier alpha value is -3.11. The Morgan fingerprint density at radius 3 is 2.67 bits per heavy atom. The van der Waals surface area contributed by atoms with Crippen molar-refractivity contribution in [1.29, 1.82) is 0 Å². The Bertz CT molecular complexity index is 930. The Balaban J connectivity index is 1.69. The van der Waals surface area contributed by atoms with Crippen molar-refractivity contribution in [3.05, 3.63) is 48.8 Å². The SMILES string of the molecule is Fc1cnc(N2CCC(c3nc(-c4cccnc4)no3)(C(F)(F)F)C2)cn1. The van der Waals surface area contributed by atoms with Crippen molar-refractivity contribution in [2.75, 3.05) is 18.0 Å².